The van der Waals surface area contributed by atoms with Crippen LogP contribution in [0, 0.1) is 0 Å². The number of carboxylic acid groups (broad SMARTS) is 1. The smallest absolute Gasteiger partial charge is 0.335 e. The van der Waals surface area contributed by atoms with E-state index in [0.717, 1.165) is 5.56 Å². The number of nitrogens with two attached hydrogens (primary N) is 1. The van der Waals surface area contributed by atoms with Gasteiger partial charge in [0.2, 0.25) is 0 Å². The van der Waals surface area contributed by atoms with E-state index in [-0.39, 0.29) is 5.56 Å². The standard InChI is InChI=1S/C17H20N2O2/c1-11(2)13-5-3-12(4-6-13)10-19-16-9-14(17(20)21)7-8-15(16)18/h3-9,11,19H,10,18H2,1-2H3,(H,20,21). The van der Waals surface area contributed by atoms with E-state index < -0.39 is 5.97 Å². The minimum absolute atomic E-state index is 0.224. The molecule has 4 heteroatoms. The molecule has 4 N–H and O–H groups in total. The highest BCUT2D eigenvalue weighted by Gasteiger charge is 2.06. The molecule has 0 spiro atoms. The van der Waals surface area contributed by atoms with Gasteiger partial charge in [0.05, 0.1) is 16.9 Å². The van der Waals surface area contributed by atoms with Crippen LogP contribution >= 0.6 is 0 Å². The van der Waals surface area contributed by atoms with Gasteiger partial charge in [-0.1, -0.05) is 38.1 Å². The summed E-state index contributed by atoms with van der Waals surface area (Å²) in [6, 6.07) is 13.0. The van der Waals surface area contributed by atoms with Crippen molar-refractivity contribution in [1.82, 2.24) is 0 Å². The van der Waals surface area contributed by atoms with Crippen LogP contribution in [0.2, 0.25) is 0 Å². The molecule has 0 atom stereocenters. The predicted octanol–water partition coefficient (Wildman–Crippen LogP) is 3.70. The molecule has 2 rings (SSSR count). The van der Waals surface area contributed by atoms with E-state index >= 15 is 0 Å². The Hall–Kier alpha value is -2.49. The minimum atomic E-state index is -0.959. The summed E-state index contributed by atoms with van der Waals surface area (Å²) in [5.74, 6) is -0.450. The molecule has 0 amide bonds. The van der Waals surface area contributed by atoms with Gasteiger partial charge in [0.1, 0.15) is 0 Å². The molecule has 0 unspecified atom stereocenters. The van der Waals surface area contributed by atoms with Crippen molar-refractivity contribution in [2.45, 2.75) is 26.3 Å². The van der Waals surface area contributed by atoms with Crippen LogP contribution in [0.25, 0.3) is 0 Å². The average molecular weight is 284 g/mol. The van der Waals surface area contributed by atoms with Crippen LogP contribution < -0.4 is 11.1 Å². The maximum absolute atomic E-state index is 11.0. The summed E-state index contributed by atoms with van der Waals surface area (Å²) in [6.45, 7) is 4.92. The van der Waals surface area contributed by atoms with E-state index in [0.29, 0.717) is 23.8 Å². The van der Waals surface area contributed by atoms with Crippen molar-refractivity contribution in [2.75, 3.05) is 11.1 Å². The van der Waals surface area contributed by atoms with E-state index in [1.165, 1.54) is 11.6 Å². The van der Waals surface area contributed by atoms with Crippen LogP contribution in [0.1, 0.15) is 41.3 Å². The summed E-state index contributed by atoms with van der Waals surface area (Å²) in [5, 5.41) is 12.2. The second-order valence-electron chi connectivity index (χ2n) is 5.36. The van der Waals surface area contributed by atoms with E-state index in [1.54, 1.807) is 12.1 Å². The predicted molar refractivity (Wildman–Crippen MR) is 85.7 cm³/mol. The Morgan fingerprint density at radius 2 is 1.86 bits per heavy atom. The van der Waals surface area contributed by atoms with Crippen molar-refractivity contribution in [3.8, 4) is 0 Å². The fourth-order valence-corrected chi connectivity index (χ4v) is 2.06. The van der Waals surface area contributed by atoms with Crippen molar-refractivity contribution in [3.05, 3.63) is 59.2 Å². The van der Waals surface area contributed by atoms with E-state index in [9.17, 15) is 4.79 Å². The maximum atomic E-state index is 11.0. The Labute approximate surface area is 124 Å². The molecule has 110 valence electrons. The van der Waals surface area contributed by atoms with Crippen molar-refractivity contribution >= 4 is 17.3 Å². The van der Waals surface area contributed by atoms with Gasteiger partial charge >= 0.3 is 5.97 Å². The van der Waals surface area contributed by atoms with Gasteiger partial charge in [-0.15, -0.1) is 0 Å². The minimum Gasteiger partial charge on any atom is -0.478 e. The van der Waals surface area contributed by atoms with Crippen LogP contribution in [-0.2, 0) is 6.54 Å². The number of hydrogen-bond acceptors (Lipinski definition) is 3. The number of anilines is 2. The SMILES string of the molecule is CC(C)c1ccc(CNc2cc(C(=O)O)ccc2N)cc1. The number of hydrogen-bond donors (Lipinski definition) is 3. The molecule has 0 bridgehead atoms. The molecule has 0 aliphatic rings. The van der Waals surface area contributed by atoms with Crippen molar-refractivity contribution in [3.63, 3.8) is 0 Å². The van der Waals surface area contributed by atoms with Crippen LogP contribution in [-0.4, -0.2) is 11.1 Å². The topological polar surface area (TPSA) is 75.3 Å². The summed E-state index contributed by atoms with van der Waals surface area (Å²) < 4.78 is 0. The third-order valence-corrected chi connectivity index (χ3v) is 3.43. The lowest BCUT2D eigenvalue weighted by Gasteiger charge is -2.11. The lowest BCUT2D eigenvalue weighted by atomic mass is 10.0. The number of rotatable bonds is 5. The van der Waals surface area contributed by atoms with Gasteiger partial charge in [-0.25, -0.2) is 4.79 Å². The zero-order valence-corrected chi connectivity index (χ0v) is 12.3. The fourth-order valence-electron chi connectivity index (χ4n) is 2.06. The van der Waals surface area contributed by atoms with Crippen LogP contribution in [0.3, 0.4) is 0 Å². The zero-order valence-electron chi connectivity index (χ0n) is 12.3. The first kappa shape index (κ1) is 14.9. The monoisotopic (exact) mass is 284 g/mol. The second kappa shape index (κ2) is 6.31. The number of aromatic carboxylic acids is 1. The molecule has 0 aliphatic carbocycles. The Balaban J connectivity index is 2.09. The molecule has 2 aromatic carbocycles. The maximum Gasteiger partial charge on any atom is 0.335 e. The van der Waals surface area contributed by atoms with Gasteiger partial charge in [0, 0.05) is 6.54 Å². The summed E-state index contributed by atoms with van der Waals surface area (Å²) in [7, 11) is 0. The lowest BCUT2D eigenvalue weighted by molar-refractivity contribution is 0.0697. The van der Waals surface area contributed by atoms with E-state index in [4.69, 9.17) is 10.8 Å². The van der Waals surface area contributed by atoms with E-state index in [1.807, 2.05) is 0 Å². The fraction of sp³-hybridized carbons (Fsp3) is 0.235. The van der Waals surface area contributed by atoms with Gasteiger partial charge in [-0.05, 0) is 35.2 Å². The largest absolute Gasteiger partial charge is 0.478 e. The van der Waals surface area contributed by atoms with Gasteiger partial charge in [0.15, 0.2) is 0 Å². The molecular weight excluding hydrogens is 264 g/mol. The van der Waals surface area contributed by atoms with Crippen molar-refractivity contribution in [1.29, 1.82) is 0 Å². The highest BCUT2D eigenvalue weighted by atomic mass is 16.4. The third kappa shape index (κ3) is 3.75. The number of carbonyl (C=O) groups is 1. The lowest BCUT2D eigenvalue weighted by Crippen LogP contribution is -2.05. The summed E-state index contributed by atoms with van der Waals surface area (Å²) in [6.07, 6.45) is 0. The van der Waals surface area contributed by atoms with Crippen LogP contribution in [0.5, 0.6) is 0 Å². The molecule has 0 saturated heterocycles. The molecule has 0 fully saturated rings. The molecule has 21 heavy (non-hydrogen) atoms. The van der Waals surface area contributed by atoms with Crippen molar-refractivity contribution in [2.24, 2.45) is 0 Å². The second-order valence-corrected chi connectivity index (χ2v) is 5.36. The normalized spacial score (nSPS) is 10.6. The van der Waals surface area contributed by atoms with Crippen molar-refractivity contribution < 1.29 is 9.90 Å². The zero-order chi connectivity index (χ0) is 15.4. The highest BCUT2D eigenvalue weighted by Crippen LogP contribution is 2.21. The molecule has 2 aromatic rings. The first-order chi connectivity index (χ1) is 9.97. The quantitative estimate of drug-likeness (QED) is 0.732. The Morgan fingerprint density at radius 1 is 1.19 bits per heavy atom. The summed E-state index contributed by atoms with van der Waals surface area (Å²) in [5.41, 5.74) is 9.69. The molecule has 0 radical (unpaired) electrons. The number of benzene rings is 2. The molecule has 0 aromatic heterocycles. The molecule has 0 heterocycles. The molecule has 0 aliphatic heterocycles. The first-order valence-electron chi connectivity index (χ1n) is 6.93. The Morgan fingerprint density at radius 3 is 2.43 bits per heavy atom. The van der Waals surface area contributed by atoms with Gasteiger partial charge in [0.25, 0.3) is 0 Å². The summed E-state index contributed by atoms with van der Waals surface area (Å²) in [4.78, 5) is 11.0. The number of nitrogen functional groups attached to an aromatic ring is 1. The average Bonchev–Trinajstić information content (AvgIpc) is 2.46. The molecular formula is C17H20N2O2. The van der Waals surface area contributed by atoms with Crippen LogP contribution in [0.15, 0.2) is 42.5 Å². The van der Waals surface area contributed by atoms with Gasteiger partial charge < -0.3 is 16.2 Å². The highest BCUT2D eigenvalue weighted by molar-refractivity contribution is 5.90. The Bertz CT molecular complexity index is 634. The molecule has 0 saturated carbocycles. The van der Waals surface area contributed by atoms with Gasteiger partial charge in [-0.3, -0.25) is 0 Å². The first-order valence-corrected chi connectivity index (χ1v) is 6.93. The van der Waals surface area contributed by atoms with E-state index in [2.05, 4.69) is 43.4 Å². The number of nitrogens with one attached hydrogen (secondary N) is 1. The molecule has 4 nitrogen and oxygen atoms in total. The van der Waals surface area contributed by atoms with Crippen LogP contribution in [0.4, 0.5) is 11.4 Å². The Kier molecular flexibility index (Phi) is 4.48. The third-order valence-electron chi connectivity index (χ3n) is 3.43. The van der Waals surface area contributed by atoms with Gasteiger partial charge in [-0.2, -0.15) is 0 Å². The number of carboxylic acids is 1. The summed E-state index contributed by atoms with van der Waals surface area (Å²) >= 11 is 0.